The van der Waals surface area contributed by atoms with Gasteiger partial charge in [0.15, 0.2) is 0 Å². The molecule has 0 spiro atoms. The largest absolute Gasteiger partial charge is 0.497 e. The number of carbonyl (C=O) groups excluding carboxylic acids is 2. The molecule has 1 aliphatic carbocycles. The molecule has 0 saturated heterocycles. The van der Waals surface area contributed by atoms with E-state index >= 15 is 0 Å². The molecule has 27 heavy (non-hydrogen) atoms. The van der Waals surface area contributed by atoms with Crippen molar-refractivity contribution in [2.24, 2.45) is 0 Å². The Morgan fingerprint density at radius 3 is 2.41 bits per heavy atom. The summed E-state index contributed by atoms with van der Waals surface area (Å²) in [7, 11) is 3.01. The molecule has 144 valence electrons. The third kappa shape index (κ3) is 4.60. The number of ether oxygens (including phenoxy) is 2. The van der Waals surface area contributed by atoms with Crippen LogP contribution in [0, 0.1) is 0 Å². The Hall–Kier alpha value is -2.54. The minimum Gasteiger partial charge on any atom is -0.497 e. The Morgan fingerprint density at radius 1 is 0.926 bits per heavy atom. The summed E-state index contributed by atoms with van der Waals surface area (Å²) < 4.78 is 10.4. The van der Waals surface area contributed by atoms with Crippen LogP contribution in [-0.4, -0.2) is 26.0 Å². The van der Waals surface area contributed by atoms with Gasteiger partial charge in [0.2, 0.25) is 0 Å². The molecule has 6 nitrogen and oxygen atoms in total. The van der Waals surface area contributed by atoms with Crippen LogP contribution in [0.2, 0.25) is 0 Å². The van der Waals surface area contributed by atoms with Gasteiger partial charge in [-0.15, -0.1) is 11.3 Å². The number of hydrazine groups is 1. The standard InChI is InChI=1S/C20H24N2O4S/c1-25-14-9-10-16(26-2)15(12-14)19(23)21-22-20(24)18-11-13-7-5-3-4-6-8-17(13)27-18/h9-12H,3-8H2,1-2H3,(H,21,23)(H,22,24). The zero-order valence-corrected chi connectivity index (χ0v) is 16.4. The maximum absolute atomic E-state index is 12.5. The van der Waals surface area contributed by atoms with Gasteiger partial charge < -0.3 is 9.47 Å². The number of amides is 2. The quantitative estimate of drug-likeness (QED) is 0.786. The molecular weight excluding hydrogens is 364 g/mol. The van der Waals surface area contributed by atoms with Crippen molar-refractivity contribution in [1.29, 1.82) is 0 Å². The van der Waals surface area contributed by atoms with Gasteiger partial charge in [0.05, 0.1) is 24.7 Å². The molecule has 0 fully saturated rings. The van der Waals surface area contributed by atoms with Crippen LogP contribution >= 0.6 is 11.3 Å². The average Bonchev–Trinajstić information content (AvgIpc) is 3.07. The van der Waals surface area contributed by atoms with Gasteiger partial charge in [-0.3, -0.25) is 20.4 Å². The highest BCUT2D eigenvalue weighted by atomic mass is 32.1. The molecule has 1 aromatic carbocycles. The van der Waals surface area contributed by atoms with Crippen molar-refractivity contribution in [3.05, 3.63) is 45.1 Å². The van der Waals surface area contributed by atoms with E-state index in [1.165, 1.54) is 55.3 Å². The van der Waals surface area contributed by atoms with Gasteiger partial charge in [0.1, 0.15) is 11.5 Å². The Labute approximate surface area is 162 Å². The van der Waals surface area contributed by atoms with E-state index in [2.05, 4.69) is 10.9 Å². The third-order valence-corrected chi connectivity index (χ3v) is 5.90. The summed E-state index contributed by atoms with van der Waals surface area (Å²) in [6.07, 6.45) is 6.87. The first kappa shape index (κ1) is 19.2. The number of carbonyl (C=O) groups is 2. The first-order chi connectivity index (χ1) is 13.1. The number of hydrogen-bond acceptors (Lipinski definition) is 5. The second-order valence-electron chi connectivity index (χ2n) is 6.45. The van der Waals surface area contributed by atoms with Crippen molar-refractivity contribution < 1.29 is 19.1 Å². The summed E-state index contributed by atoms with van der Waals surface area (Å²) in [5.74, 6) is 0.169. The van der Waals surface area contributed by atoms with Crippen molar-refractivity contribution >= 4 is 23.2 Å². The Kier molecular flexibility index (Phi) is 6.34. The topological polar surface area (TPSA) is 76.7 Å². The Bertz CT molecular complexity index is 806. The van der Waals surface area contributed by atoms with E-state index in [0.29, 0.717) is 16.4 Å². The predicted octanol–water partition coefficient (Wildman–Crippen LogP) is 3.50. The van der Waals surface area contributed by atoms with E-state index in [9.17, 15) is 9.59 Å². The lowest BCUT2D eigenvalue weighted by atomic mass is 10.00. The van der Waals surface area contributed by atoms with E-state index < -0.39 is 5.91 Å². The molecule has 0 bridgehead atoms. The number of nitrogens with one attached hydrogen (secondary N) is 2. The molecule has 3 rings (SSSR count). The number of thiophene rings is 1. The lowest BCUT2D eigenvalue weighted by Gasteiger charge is -2.11. The monoisotopic (exact) mass is 388 g/mol. The summed E-state index contributed by atoms with van der Waals surface area (Å²) in [4.78, 5) is 26.8. The summed E-state index contributed by atoms with van der Waals surface area (Å²) >= 11 is 1.52. The predicted molar refractivity (Wildman–Crippen MR) is 105 cm³/mol. The number of hydrogen-bond donors (Lipinski definition) is 2. The van der Waals surface area contributed by atoms with Crippen LogP contribution in [0.3, 0.4) is 0 Å². The molecule has 0 saturated carbocycles. The normalized spacial score (nSPS) is 13.7. The minimum absolute atomic E-state index is 0.288. The van der Waals surface area contributed by atoms with E-state index in [1.54, 1.807) is 18.2 Å². The third-order valence-electron chi connectivity index (χ3n) is 4.66. The van der Waals surface area contributed by atoms with E-state index in [0.717, 1.165) is 19.3 Å². The van der Waals surface area contributed by atoms with Crippen molar-refractivity contribution in [2.45, 2.75) is 38.5 Å². The molecule has 2 N–H and O–H groups in total. The highest BCUT2D eigenvalue weighted by molar-refractivity contribution is 7.14. The SMILES string of the molecule is COc1ccc(OC)c(C(=O)NNC(=O)c2cc3c(s2)CCCCCC3)c1. The second kappa shape index (κ2) is 8.90. The van der Waals surface area contributed by atoms with Crippen molar-refractivity contribution in [3.8, 4) is 11.5 Å². The number of benzene rings is 1. The lowest BCUT2D eigenvalue weighted by Crippen LogP contribution is -2.41. The Morgan fingerprint density at radius 2 is 1.67 bits per heavy atom. The summed E-state index contributed by atoms with van der Waals surface area (Å²) in [5.41, 5.74) is 6.52. The average molecular weight is 388 g/mol. The van der Waals surface area contributed by atoms with Crippen LogP contribution in [0.25, 0.3) is 0 Å². The first-order valence-corrected chi connectivity index (χ1v) is 9.88. The zero-order chi connectivity index (χ0) is 19.2. The zero-order valence-electron chi connectivity index (χ0n) is 15.6. The summed E-state index contributed by atoms with van der Waals surface area (Å²) in [6.45, 7) is 0. The van der Waals surface area contributed by atoms with Gasteiger partial charge in [-0.05, 0) is 55.5 Å². The number of fused-ring (bicyclic) bond motifs is 1. The Balaban J connectivity index is 1.67. The summed E-state index contributed by atoms with van der Waals surface area (Å²) in [6, 6.07) is 6.88. The van der Waals surface area contributed by atoms with Gasteiger partial charge in [-0.2, -0.15) is 0 Å². The fourth-order valence-electron chi connectivity index (χ4n) is 3.19. The molecule has 0 radical (unpaired) electrons. The fourth-order valence-corrected chi connectivity index (χ4v) is 4.34. The minimum atomic E-state index is -0.464. The van der Waals surface area contributed by atoms with Crippen LogP contribution in [0.15, 0.2) is 24.3 Å². The first-order valence-electron chi connectivity index (χ1n) is 9.06. The van der Waals surface area contributed by atoms with E-state index in [-0.39, 0.29) is 11.5 Å². The van der Waals surface area contributed by atoms with E-state index in [4.69, 9.17) is 9.47 Å². The lowest BCUT2D eigenvalue weighted by molar-refractivity contribution is 0.0847. The van der Waals surface area contributed by atoms with Gasteiger partial charge in [0, 0.05) is 4.88 Å². The van der Waals surface area contributed by atoms with E-state index in [1.807, 2.05) is 6.07 Å². The van der Waals surface area contributed by atoms with Crippen molar-refractivity contribution in [1.82, 2.24) is 10.9 Å². The maximum Gasteiger partial charge on any atom is 0.279 e. The highest BCUT2D eigenvalue weighted by Crippen LogP contribution is 2.28. The van der Waals surface area contributed by atoms with Crippen LogP contribution in [0.4, 0.5) is 0 Å². The van der Waals surface area contributed by atoms with Crippen LogP contribution in [0.1, 0.15) is 56.2 Å². The van der Waals surface area contributed by atoms with Gasteiger partial charge in [-0.1, -0.05) is 12.8 Å². The molecule has 2 amide bonds. The molecule has 1 aliphatic rings. The van der Waals surface area contributed by atoms with Gasteiger partial charge in [-0.25, -0.2) is 0 Å². The van der Waals surface area contributed by atoms with Crippen molar-refractivity contribution in [2.75, 3.05) is 14.2 Å². The van der Waals surface area contributed by atoms with Crippen LogP contribution in [-0.2, 0) is 12.8 Å². The van der Waals surface area contributed by atoms with Gasteiger partial charge in [0.25, 0.3) is 11.8 Å². The molecule has 1 aromatic heterocycles. The maximum atomic E-state index is 12.5. The smallest absolute Gasteiger partial charge is 0.279 e. The van der Waals surface area contributed by atoms with Crippen molar-refractivity contribution in [3.63, 3.8) is 0 Å². The molecule has 2 aromatic rings. The summed E-state index contributed by atoms with van der Waals surface area (Å²) in [5, 5.41) is 0. The van der Waals surface area contributed by atoms with Gasteiger partial charge >= 0.3 is 0 Å². The molecule has 1 heterocycles. The fraction of sp³-hybridized carbons (Fsp3) is 0.400. The van der Waals surface area contributed by atoms with Crippen LogP contribution in [0.5, 0.6) is 11.5 Å². The second-order valence-corrected chi connectivity index (χ2v) is 7.58. The number of methoxy groups -OCH3 is 2. The highest BCUT2D eigenvalue weighted by Gasteiger charge is 2.18. The molecule has 0 aliphatic heterocycles. The molecule has 0 atom stereocenters. The van der Waals surface area contributed by atoms with Crippen LogP contribution < -0.4 is 20.3 Å². The number of rotatable bonds is 4. The molecular formula is C20H24N2O4S. The molecule has 0 unspecified atom stereocenters. The molecule has 7 heteroatoms. The number of aryl methyl sites for hydroxylation is 2.